The van der Waals surface area contributed by atoms with Gasteiger partial charge in [0.1, 0.15) is 0 Å². The van der Waals surface area contributed by atoms with E-state index in [2.05, 4.69) is 59.5 Å². The standard InChI is InChI=1S/C21H25N/c1-2-5-18(6-3-1)19-10-12-20(13-11-19)21-7-4-14-22(16-21)15-17-8-9-17/h1-3,5-6,10-13,17,21H,4,7-9,14-16H2/t21-/m1/s1. The van der Waals surface area contributed by atoms with Gasteiger partial charge in [-0.15, -0.1) is 0 Å². The predicted octanol–water partition coefficient (Wildman–Crippen LogP) is 4.94. The minimum absolute atomic E-state index is 0.734. The molecule has 0 radical (unpaired) electrons. The van der Waals surface area contributed by atoms with Crippen LogP contribution in [-0.2, 0) is 0 Å². The van der Waals surface area contributed by atoms with Crippen molar-refractivity contribution in [2.45, 2.75) is 31.6 Å². The second kappa shape index (κ2) is 6.26. The van der Waals surface area contributed by atoms with E-state index < -0.39 is 0 Å². The lowest BCUT2D eigenvalue weighted by atomic mass is 9.89. The summed E-state index contributed by atoms with van der Waals surface area (Å²) in [4.78, 5) is 2.71. The van der Waals surface area contributed by atoms with Crippen molar-refractivity contribution < 1.29 is 0 Å². The fraction of sp³-hybridized carbons (Fsp3) is 0.429. The normalized spacial score (nSPS) is 22.6. The summed E-state index contributed by atoms with van der Waals surface area (Å²) in [6.45, 7) is 3.93. The topological polar surface area (TPSA) is 3.24 Å². The van der Waals surface area contributed by atoms with Gasteiger partial charge < -0.3 is 4.90 Å². The molecule has 1 nitrogen and oxygen atoms in total. The summed E-state index contributed by atoms with van der Waals surface area (Å²) in [7, 11) is 0. The van der Waals surface area contributed by atoms with Crippen LogP contribution >= 0.6 is 0 Å². The quantitative estimate of drug-likeness (QED) is 0.771. The highest BCUT2D eigenvalue weighted by Gasteiger charge is 2.28. The number of likely N-dealkylation sites (tertiary alicyclic amines) is 1. The van der Waals surface area contributed by atoms with Crippen LogP contribution in [0.1, 0.15) is 37.2 Å². The number of hydrogen-bond acceptors (Lipinski definition) is 1. The summed E-state index contributed by atoms with van der Waals surface area (Å²) in [5.41, 5.74) is 4.17. The first-order chi connectivity index (χ1) is 10.9. The minimum atomic E-state index is 0.734. The Hall–Kier alpha value is -1.60. The molecule has 2 aliphatic rings. The van der Waals surface area contributed by atoms with Crippen molar-refractivity contribution in [1.82, 2.24) is 4.90 Å². The van der Waals surface area contributed by atoms with Crippen molar-refractivity contribution in [3.8, 4) is 11.1 Å². The molecule has 1 heterocycles. The summed E-state index contributed by atoms with van der Waals surface area (Å²) in [6, 6.07) is 20.0. The van der Waals surface area contributed by atoms with Gasteiger partial charge >= 0.3 is 0 Å². The second-order valence-corrected chi connectivity index (χ2v) is 7.03. The van der Waals surface area contributed by atoms with Gasteiger partial charge in [0.2, 0.25) is 0 Å². The number of benzene rings is 2. The molecule has 4 rings (SSSR count). The van der Waals surface area contributed by atoms with Crippen LogP contribution in [0.2, 0.25) is 0 Å². The Morgan fingerprint density at radius 2 is 1.55 bits per heavy atom. The lowest BCUT2D eigenvalue weighted by molar-refractivity contribution is 0.200. The van der Waals surface area contributed by atoms with E-state index in [-0.39, 0.29) is 0 Å². The molecule has 0 aromatic heterocycles. The summed E-state index contributed by atoms with van der Waals surface area (Å²) in [6.07, 6.45) is 5.64. The van der Waals surface area contributed by atoms with Crippen LogP contribution in [0.25, 0.3) is 11.1 Å². The lowest BCUT2D eigenvalue weighted by Gasteiger charge is -2.33. The first-order valence-electron chi connectivity index (χ1n) is 8.76. The molecule has 1 saturated carbocycles. The average molecular weight is 291 g/mol. The Morgan fingerprint density at radius 1 is 0.818 bits per heavy atom. The first kappa shape index (κ1) is 14.0. The van der Waals surface area contributed by atoms with Crippen LogP contribution in [0.3, 0.4) is 0 Å². The molecule has 0 bridgehead atoms. The lowest BCUT2D eigenvalue weighted by Crippen LogP contribution is -2.35. The van der Waals surface area contributed by atoms with Crippen LogP contribution in [0.15, 0.2) is 54.6 Å². The number of nitrogens with zero attached hydrogens (tertiary/aromatic N) is 1. The molecule has 1 aliphatic carbocycles. The van der Waals surface area contributed by atoms with Gasteiger partial charge in [-0.3, -0.25) is 0 Å². The van der Waals surface area contributed by atoms with Crippen molar-refractivity contribution in [2.24, 2.45) is 5.92 Å². The molecule has 114 valence electrons. The summed E-state index contributed by atoms with van der Waals surface area (Å²) in [5, 5.41) is 0. The Kier molecular flexibility index (Phi) is 3.99. The van der Waals surface area contributed by atoms with Crippen LogP contribution in [-0.4, -0.2) is 24.5 Å². The number of rotatable bonds is 4. The molecule has 2 aromatic carbocycles. The van der Waals surface area contributed by atoms with Crippen molar-refractivity contribution in [3.63, 3.8) is 0 Å². The van der Waals surface area contributed by atoms with E-state index in [1.807, 2.05) is 0 Å². The first-order valence-corrected chi connectivity index (χ1v) is 8.76. The minimum Gasteiger partial charge on any atom is -0.302 e. The molecule has 22 heavy (non-hydrogen) atoms. The van der Waals surface area contributed by atoms with E-state index in [4.69, 9.17) is 0 Å². The van der Waals surface area contributed by atoms with Gasteiger partial charge in [0.15, 0.2) is 0 Å². The third-order valence-corrected chi connectivity index (χ3v) is 5.21. The molecular formula is C21H25N. The third kappa shape index (κ3) is 3.25. The van der Waals surface area contributed by atoms with Gasteiger partial charge in [0.05, 0.1) is 0 Å². The monoisotopic (exact) mass is 291 g/mol. The van der Waals surface area contributed by atoms with E-state index >= 15 is 0 Å². The molecule has 0 amide bonds. The molecule has 0 unspecified atom stereocenters. The van der Waals surface area contributed by atoms with E-state index in [1.165, 1.54) is 62.0 Å². The maximum absolute atomic E-state index is 2.71. The molecule has 1 aliphatic heterocycles. The van der Waals surface area contributed by atoms with E-state index in [9.17, 15) is 0 Å². The fourth-order valence-electron chi connectivity index (χ4n) is 3.74. The molecule has 2 aromatic rings. The van der Waals surface area contributed by atoms with Crippen molar-refractivity contribution in [3.05, 3.63) is 60.2 Å². The number of piperidine rings is 1. The smallest absolute Gasteiger partial charge is 0.00504 e. The van der Waals surface area contributed by atoms with Gasteiger partial charge in [-0.2, -0.15) is 0 Å². The molecule has 0 N–H and O–H groups in total. The third-order valence-electron chi connectivity index (χ3n) is 5.21. The molecule has 1 saturated heterocycles. The highest BCUT2D eigenvalue weighted by molar-refractivity contribution is 5.63. The van der Waals surface area contributed by atoms with E-state index in [0.29, 0.717) is 0 Å². The van der Waals surface area contributed by atoms with Gasteiger partial charge in [-0.1, -0.05) is 54.6 Å². The largest absolute Gasteiger partial charge is 0.302 e. The molecule has 2 fully saturated rings. The zero-order valence-corrected chi connectivity index (χ0v) is 13.2. The van der Waals surface area contributed by atoms with Crippen LogP contribution < -0.4 is 0 Å². The molecular weight excluding hydrogens is 266 g/mol. The summed E-state index contributed by atoms with van der Waals surface area (Å²) < 4.78 is 0. The summed E-state index contributed by atoms with van der Waals surface area (Å²) in [5.74, 6) is 1.75. The van der Waals surface area contributed by atoms with Crippen molar-refractivity contribution in [2.75, 3.05) is 19.6 Å². The zero-order valence-electron chi connectivity index (χ0n) is 13.2. The van der Waals surface area contributed by atoms with Crippen LogP contribution in [0.5, 0.6) is 0 Å². The van der Waals surface area contributed by atoms with Crippen molar-refractivity contribution >= 4 is 0 Å². The Morgan fingerprint density at radius 3 is 2.27 bits per heavy atom. The highest BCUT2D eigenvalue weighted by atomic mass is 15.1. The van der Waals surface area contributed by atoms with Gasteiger partial charge in [-0.25, -0.2) is 0 Å². The Bertz CT molecular complexity index is 598. The van der Waals surface area contributed by atoms with E-state index in [0.717, 1.165) is 11.8 Å². The van der Waals surface area contributed by atoms with Gasteiger partial charge in [0, 0.05) is 13.1 Å². The van der Waals surface area contributed by atoms with Crippen LogP contribution in [0.4, 0.5) is 0 Å². The summed E-state index contributed by atoms with van der Waals surface area (Å²) >= 11 is 0. The molecule has 0 spiro atoms. The highest BCUT2D eigenvalue weighted by Crippen LogP contribution is 2.33. The fourth-order valence-corrected chi connectivity index (χ4v) is 3.74. The molecule has 1 atom stereocenters. The van der Waals surface area contributed by atoms with Crippen LogP contribution in [0, 0.1) is 5.92 Å². The second-order valence-electron chi connectivity index (χ2n) is 7.03. The van der Waals surface area contributed by atoms with Gasteiger partial charge in [-0.05, 0) is 60.8 Å². The maximum atomic E-state index is 2.71. The Balaban J connectivity index is 1.45. The number of hydrogen-bond donors (Lipinski definition) is 0. The Labute approximate surface area is 134 Å². The SMILES string of the molecule is c1ccc(-c2ccc([C@@H]3CCCN(CC4CC4)C3)cc2)cc1. The van der Waals surface area contributed by atoms with Crippen molar-refractivity contribution in [1.29, 1.82) is 0 Å². The maximum Gasteiger partial charge on any atom is 0.00504 e. The predicted molar refractivity (Wildman–Crippen MR) is 93.0 cm³/mol. The van der Waals surface area contributed by atoms with Gasteiger partial charge in [0.25, 0.3) is 0 Å². The molecule has 1 heteroatoms. The van der Waals surface area contributed by atoms with E-state index in [1.54, 1.807) is 0 Å². The average Bonchev–Trinajstić information content (AvgIpc) is 3.40. The zero-order chi connectivity index (χ0) is 14.8.